The van der Waals surface area contributed by atoms with Gasteiger partial charge in [0.25, 0.3) is 0 Å². The average molecular weight is 384 g/mol. The van der Waals surface area contributed by atoms with Crippen LogP contribution in [-0.4, -0.2) is 19.9 Å². The standard InChI is InChI=1S/C17H17N7S2/c18-6-9-7-21-17(24-14(9)19)25-8-12-22-15(20)13-10-4-2-1-3-5-11(10)26-16(13)23-12/h7H,1-5,8H2,(H2,19,21,24)(H2,20,22,23). The zero-order valence-electron chi connectivity index (χ0n) is 14.0. The van der Waals surface area contributed by atoms with E-state index in [1.54, 1.807) is 11.3 Å². The first kappa shape index (κ1) is 17.0. The fourth-order valence-electron chi connectivity index (χ4n) is 3.14. The van der Waals surface area contributed by atoms with Crippen LogP contribution in [0.1, 0.15) is 41.1 Å². The molecule has 1 aliphatic carbocycles. The lowest BCUT2D eigenvalue weighted by atomic mass is 10.1. The van der Waals surface area contributed by atoms with E-state index in [0.29, 0.717) is 22.6 Å². The molecule has 1 aliphatic rings. The molecule has 0 aromatic carbocycles. The van der Waals surface area contributed by atoms with Crippen molar-refractivity contribution in [3.63, 3.8) is 0 Å². The Morgan fingerprint density at radius 2 is 1.96 bits per heavy atom. The quantitative estimate of drug-likeness (QED) is 0.401. The number of nitrogen functional groups attached to an aromatic ring is 2. The Labute approximate surface area is 158 Å². The van der Waals surface area contributed by atoms with E-state index < -0.39 is 0 Å². The maximum absolute atomic E-state index is 8.89. The molecule has 132 valence electrons. The van der Waals surface area contributed by atoms with Gasteiger partial charge in [-0.1, -0.05) is 18.2 Å². The minimum atomic E-state index is 0.183. The van der Waals surface area contributed by atoms with Crippen molar-refractivity contribution in [3.8, 4) is 6.07 Å². The molecule has 0 amide bonds. The normalized spacial score (nSPS) is 14.0. The third kappa shape index (κ3) is 3.18. The van der Waals surface area contributed by atoms with E-state index in [2.05, 4.69) is 15.0 Å². The predicted molar refractivity (Wildman–Crippen MR) is 104 cm³/mol. The zero-order valence-corrected chi connectivity index (χ0v) is 15.7. The van der Waals surface area contributed by atoms with Crippen molar-refractivity contribution in [2.75, 3.05) is 11.5 Å². The maximum atomic E-state index is 8.89. The summed E-state index contributed by atoms with van der Waals surface area (Å²) >= 11 is 3.12. The number of aromatic nitrogens is 4. The summed E-state index contributed by atoms with van der Waals surface area (Å²) < 4.78 is 0. The van der Waals surface area contributed by atoms with E-state index in [0.717, 1.165) is 23.1 Å². The number of rotatable bonds is 3. The molecule has 4 rings (SSSR count). The number of thiophene rings is 1. The molecular formula is C17H17N7S2. The van der Waals surface area contributed by atoms with Crippen molar-refractivity contribution in [3.05, 3.63) is 28.0 Å². The molecule has 0 saturated carbocycles. The van der Waals surface area contributed by atoms with Gasteiger partial charge in [-0.05, 0) is 31.2 Å². The number of aryl methyl sites for hydroxylation is 2. The second-order valence-electron chi connectivity index (χ2n) is 6.12. The Kier molecular flexibility index (Phi) is 4.61. The summed E-state index contributed by atoms with van der Waals surface area (Å²) in [6, 6.07) is 1.95. The molecule has 0 unspecified atom stereocenters. The van der Waals surface area contributed by atoms with E-state index in [1.807, 2.05) is 6.07 Å². The summed E-state index contributed by atoms with van der Waals surface area (Å²) in [7, 11) is 0. The van der Waals surface area contributed by atoms with Crippen molar-refractivity contribution in [1.82, 2.24) is 19.9 Å². The second kappa shape index (κ2) is 7.05. The molecule has 3 aromatic rings. The summed E-state index contributed by atoms with van der Waals surface area (Å²) in [5.74, 6) is 1.89. The van der Waals surface area contributed by atoms with Crippen LogP contribution in [0.25, 0.3) is 10.2 Å². The number of nitriles is 1. The lowest BCUT2D eigenvalue weighted by molar-refractivity contribution is 0.713. The van der Waals surface area contributed by atoms with Crippen LogP contribution in [0.3, 0.4) is 0 Å². The monoisotopic (exact) mass is 383 g/mol. The van der Waals surface area contributed by atoms with Crippen LogP contribution in [0.15, 0.2) is 11.4 Å². The SMILES string of the molecule is N#Cc1cnc(SCc2nc(N)c3c4c(sc3n2)CCCCC4)nc1N. The Balaban J connectivity index is 1.60. The van der Waals surface area contributed by atoms with Crippen LogP contribution in [-0.2, 0) is 18.6 Å². The smallest absolute Gasteiger partial charge is 0.189 e. The van der Waals surface area contributed by atoms with Crippen molar-refractivity contribution in [2.24, 2.45) is 0 Å². The number of nitrogens with two attached hydrogens (primary N) is 2. The Morgan fingerprint density at radius 3 is 2.77 bits per heavy atom. The third-order valence-corrected chi connectivity index (χ3v) is 6.43. The number of hydrogen-bond acceptors (Lipinski definition) is 9. The second-order valence-corrected chi connectivity index (χ2v) is 8.15. The Hall–Kier alpha value is -2.44. The van der Waals surface area contributed by atoms with Crippen LogP contribution < -0.4 is 11.5 Å². The molecule has 0 bridgehead atoms. The van der Waals surface area contributed by atoms with Crippen molar-refractivity contribution < 1.29 is 0 Å². The van der Waals surface area contributed by atoms with E-state index in [9.17, 15) is 0 Å². The largest absolute Gasteiger partial charge is 0.383 e. The molecule has 0 aliphatic heterocycles. The molecule has 3 heterocycles. The van der Waals surface area contributed by atoms with Crippen LogP contribution in [0, 0.1) is 11.3 Å². The van der Waals surface area contributed by atoms with Crippen molar-refractivity contribution in [2.45, 2.75) is 43.0 Å². The third-order valence-electron chi connectivity index (χ3n) is 4.39. The van der Waals surface area contributed by atoms with Gasteiger partial charge in [0.15, 0.2) is 5.16 Å². The number of nitrogens with zero attached hydrogens (tertiary/aromatic N) is 5. The molecule has 0 radical (unpaired) electrons. The summed E-state index contributed by atoms with van der Waals surface area (Å²) in [4.78, 5) is 19.9. The summed E-state index contributed by atoms with van der Waals surface area (Å²) in [6.45, 7) is 0. The highest BCUT2D eigenvalue weighted by atomic mass is 32.2. The molecule has 0 saturated heterocycles. The van der Waals surface area contributed by atoms with Gasteiger partial charge in [0.2, 0.25) is 0 Å². The zero-order chi connectivity index (χ0) is 18.1. The molecule has 0 spiro atoms. The molecule has 9 heteroatoms. The first-order chi connectivity index (χ1) is 12.7. The lowest BCUT2D eigenvalue weighted by Gasteiger charge is -2.05. The van der Waals surface area contributed by atoms with Gasteiger partial charge in [-0.3, -0.25) is 0 Å². The van der Waals surface area contributed by atoms with E-state index >= 15 is 0 Å². The average Bonchev–Trinajstić information content (AvgIpc) is 2.82. The molecule has 26 heavy (non-hydrogen) atoms. The van der Waals surface area contributed by atoms with Crippen LogP contribution in [0.2, 0.25) is 0 Å². The molecule has 0 fully saturated rings. The highest BCUT2D eigenvalue weighted by Gasteiger charge is 2.19. The van der Waals surface area contributed by atoms with E-state index in [1.165, 1.54) is 47.7 Å². The van der Waals surface area contributed by atoms with Crippen molar-refractivity contribution in [1.29, 1.82) is 5.26 Å². The van der Waals surface area contributed by atoms with Gasteiger partial charge in [-0.2, -0.15) is 5.26 Å². The number of anilines is 2. The summed E-state index contributed by atoms with van der Waals surface area (Å²) in [5.41, 5.74) is 13.6. The van der Waals surface area contributed by atoms with Gasteiger partial charge >= 0.3 is 0 Å². The number of hydrogen-bond donors (Lipinski definition) is 2. The maximum Gasteiger partial charge on any atom is 0.189 e. The molecule has 7 nitrogen and oxygen atoms in total. The predicted octanol–water partition coefficient (Wildman–Crippen LogP) is 3.08. The van der Waals surface area contributed by atoms with Crippen LogP contribution >= 0.6 is 23.1 Å². The Bertz CT molecular complexity index is 1020. The fourth-order valence-corrected chi connectivity index (χ4v) is 5.10. The number of fused-ring (bicyclic) bond motifs is 3. The highest BCUT2D eigenvalue weighted by molar-refractivity contribution is 7.98. The van der Waals surface area contributed by atoms with Gasteiger partial charge < -0.3 is 11.5 Å². The first-order valence-electron chi connectivity index (χ1n) is 8.37. The van der Waals surface area contributed by atoms with Crippen LogP contribution in [0.4, 0.5) is 11.6 Å². The van der Waals surface area contributed by atoms with Crippen molar-refractivity contribution >= 4 is 45.0 Å². The minimum absolute atomic E-state index is 0.183. The van der Waals surface area contributed by atoms with E-state index in [-0.39, 0.29) is 11.4 Å². The topological polar surface area (TPSA) is 127 Å². The minimum Gasteiger partial charge on any atom is -0.383 e. The lowest BCUT2D eigenvalue weighted by Crippen LogP contribution is -2.01. The van der Waals surface area contributed by atoms with E-state index in [4.69, 9.17) is 21.7 Å². The molecule has 3 aromatic heterocycles. The number of thioether (sulfide) groups is 1. The van der Waals surface area contributed by atoms with Gasteiger partial charge in [0.05, 0.1) is 17.3 Å². The fraction of sp³-hybridized carbons (Fsp3) is 0.353. The first-order valence-corrected chi connectivity index (χ1v) is 10.2. The van der Waals surface area contributed by atoms with Gasteiger partial charge in [0.1, 0.15) is 33.9 Å². The summed E-state index contributed by atoms with van der Waals surface area (Å²) in [5, 5.41) is 10.4. The van der Waals surface area contributed by atoms with Crippen LogP contribution in [0.5, 0.6) is 0 Å². The molecule has 0 atom stereocenters. The van der Waals surface area contributed by atoms with Gasteiger partial charge in [-0.15, -0.1) is 11.3 Å². The van der Waals surface area contributed by atoms with Gasteiger partial charge in [-0.25, -0.2) is 19.9 Å². The molecular weight excluding hydrogens is 366 g/mol. The summed E-state index contributed by atoms with van der Waals surface area (Å²) in [6.07, 6.45) is 7.31. The highest BCUT2D eigenvalue weighted by Crippen LogP contribution is 2.37. The van der Waals surface area contributed by atoms with Gasteiger partial charge in [0, 0.05) is 4.88 Å². The molecule has 4 N–H and O–H groups in total. The Morgan fingerprint density at radius 1 is 1.12 bits per heavy atom.